The highest BCUT2D eigenvalue weighted by Gasteiger charge is 2.02. The predicted molar refractivity (Wildman–Crippen MR) is 87.7 cm³/mol. The molecule has 0 bridgehead atoms. The van der Waals surface area contributed by atoms with Gasteiger partial charge in [0.1, 0.15) is 0 Å². The second-order valence-corrected chi connectivity index (χ2v) is 5.19. The third-order valence-corrected chi connectivity index (χ3v) is 3.15. The van der Waals surface area contributed by atoms with Crippen molar-refractivity contribution in [1.29, 1.82) is 0 Å². The van der Waals surface area contributed by atoms with E-state index in [9.17, 15) is 0 Å². The van der Waals surface area contributed by atoms with Crippen LogP contribution < -0.4 is 0 Å². The van der Waals surface area contributed by atoms with Crippen molar-refractivity contribution in [2.75, 3.05) is 34.7 Å². The van der Waals surface area contributed by atoms with Crippen molar-refractivity contribution in [2.24, 2.45) is 4.99 Å². The van der Waals surface area contributed by atoms with Crippen molar-refractivity contribution < 1.29 is 0 Å². The largest absolute Gasteiger partial charge is 0.349 e. The average molecular weight is 367 g/mol. The molecule has 0 saturated carbocycles. The molecular weight excluding hydrogens is 345 g/mol. The van der Waals surface area contributed by atoms with Gasteiger partial charge in [-0.2, -0.15) is 0 Å². The number of thiophene rings is 1. The second-order valence-electron chi connectivity index (χ2n) is 4.15. The first-order valence-corrected chi connectivity index (χ1v) is 6.40. The summed E-state index contributed by atoms with van der Waals surface area (Å²) in [4.78, 5) is 10.1. The summed E-state index contributed by atoms with van der Waals surface area (Å²) in [5.74, 6) is 1.03. The van der Waals surface area contributed by atoms with Crippen LogP contribution in [0.15, 0.2) is 22.5 Å². The lowest BCUT2D eigenvalue weighted by Crippen LogP contribution is -2.35. The zero-order valence-electron chi connectivity index (χ0n) is 11.0. The van der Waals surface area contributed by atoms with Gasteiger partial charge in [-0.3, -0.25) is 4.99 Å². The van der Waals surface area contributed by atoms with E-state index in [1.165, 1.54) is 4.88 Å². The number of hydrogen-bond acceptors (Lipinski definition) is 2. The van der Waals surface area contributed by atoms with Crippen LogP contribution in [0.1, 0.15) is 11.3 Å². The molecule has 0 unspecified atom stereocenters. The number of nitrogens with zero attached hydrogens (tertiary/aromatic N) is 3. The normalized spacial score (nSPS) is 9.41. The van der Waals surface area contributed by atoms with Crippen molar-refractivity contribution in [3.05, 3.63) is 22.4 Å². The molecule has 0 saturated heterocycles. The SMILES string of the molecule is CN(C)C(=NCCCc1cccs1)N(C)C.I. The van der Waals surface area contributed by atoms with Gasteiger partial charge >= 0.3 is 0 Å². The van der Waals surface area contributed by atoms with Crippen LogP contribution in [0.5, 0.6) is 0 Å². The molecule has 1 heterocycles. The van der Waals surface area contributed by atoms with Gasteiger partial charge in [0.2, 0.25) is 0 Å². The number of aliphatic imine (C=N–C) groups is 1. The Hall–Kier alpha value is -0.300. The standard InChI is InChI=1S/C12H21N3S.HI/c1-14(2)12(15(3)4)13-9-5-7-11-8-6-10-16-11;/h6,8,10H,5,7,9H2,1-4H3;1H. The monoisotopic (exact) mass is 367 g/mol. The Morgan fingerprint density at radius 1 is 1.24 bits per heavy atom. The highest BCUT2D eigenvalue weighted by atomic mass is 127. The van der Waals surface area contributed by atoms with Gasteiger partial charge in [-0.25, -0.2) is 0 Å². The van der Waals surface area contributed by atoms with Gasteiger partial charge in [-0.15, -0.1) is 35.3 Å². The third-order valence-electron chi connectivity index (χ3n) is 2.21. The molecule has 0 spiro atoms. The van der Waals surface area contributed by atoms with Crippen LogP contribution in [-0.2, 0) is 6.42 Å². The fourth-order valence-corrected chi connectivity index (χ4v) is 2.32. The van der Waals surface area contributed by atoms with Crippen LogP contribution in [0, 0.1) is 0 Å². The molecule has 0 aliphatic rings. The molecule has 3 nitrogen and oxygen atoms in total. The Bertz CT molecular complexity index is 311. The van der Waals surface area contributed by atoms with E-state index < -0.39 is 0 Å². The van der Waals surface area contributed by atoms with Crippen molar-refractivity contribution >= 4 is 41.3 Å². The summed E-state index contributed by atoms with van der Waals surface area (Å²) in [6.07, 6.45) is 2.25. The molecule has 0 amide bonds. The van der Waals surface area contributed by atoms with Gasteiger partial charge in [0, 0.05) is 39.6 Å². The summed E-state index contributed by atoms with van der Waals surface area (Å²) in [5.41, 5.74) is 0. The molecule has 0 atom stereocenters. The van der Waals surface area contributed by atoms with Gasteiger partial charge in [0.25, 0.3) is 0 Å². The highest BCUT2D eigenvalue weighted by molar-refractivity contribution is 14.0. The molecule has 5 heteroatoms. The Morgan fingerprint density at radius 2 is 1.88 bits per heavy atom. The van der Waals surface area contributed by atoms with E-state index in [2.05, 4.69) is 22.5 Å². The Labute approximate surface area is 126 Å². The van der Waals surface area contributed by atoms with Gasteiger partial charge in [-0.1, -0.05) is 6.07 Å². The maximum atomic E-state index is 4.60. The molecule has 98 valence electrons. The zero-order valence-corrected chi connectivity index (χ0v) is 14.2. The Balaban J connectivity index is 0.00000256. The van der Waals surface area contributed by atoms with E-state index in [1.807, 2.05) is 49.3 Å². The lowest BCUT2D eigenvalue weighted by molar-refractivity contribution is 0.479. The Kier molecular flexibility index (Phi) is 8.59. The van der Waals surface area contributed by atoms with Crippen molar-refractivity contribution in [3.8, 4) is 0 Å². The maximum absolute atomic E-state index is 4.60. The van der Waals surface area contributed by atoms with Crippen molar-refractivity contribution in [3.63, 3.8) is 0 Å². The number of hydrogen-bond donors (Lipinski definition) is 0. The number of rotatable bonds is 4. The van der Waals surface area contributed by atoms with Gasteiger partial charge < -0.3 is 9.80 Å². The highest BCUT2D eigenvalue weighted by Crippen LogP contribution is 2.10. The summed E-state index contributed by atoms with van der Waals surface area (Å²) < 4.78 is 0. The number of halogens is 1. The minimum atomic E-state index is 0. The van der Waals surface area contributed by atoms with E-state index in [0.29, 0.717) is 0 Å². The third kappa shape index (κ3) is 6.26. The molecule has 1 aromatic rings. The summed E-state index contributed by atoms with van der Waals surface area (Å²) in [5, 5.41) is 2.13. The second kappa shape index (κ2) is 8.74. The van der Waals surface area contributed by atoms with Crippen LogP contribution in [-0.4, -0.2) is 50.5 Å². The lowest BCUT2D eigenvalue weighted by atomic mass is 10.3. The van der Waals surface area contributed by atoms with E-state index in [-0.39, 0.29) is 24.0 Å². The fraction of sp³-hybridized carbons (Fsp3) is 0.583. The van der Waals surface area contributed by atoms with Gasteiger partial charge in [-0.05, 0) is 24.3 Å². The van der Waals surface area contributed by atoms with E-state index in [4.69, 9.17) is 0 Å². The molecule has 0 radical (unpaired) electrons. The lowest BCUT2D eigenvalue weighted by Gasteiger charge is -2.22. The van der Waals surface area contributed by atoms with Crippen LogP contribution in [0.25, 0.3) is 0 Å². The minimum Gasteiger partial charge on any atom is -0.349 e. The Morgan fingerprint density at radius 3 is 2.35 bits per heavy atom. The first-order chi connectivity index (χ1) is 7.61. The quantitative estimate of drug-likeness (QED) is 0.353. The van der Waals surface area contributed by atoms with Crippen LogP contribution >= 0.6 is 35.3 Å². The van der Waals surface area contributed by atoms with Crippen molar-refractivity contribution in [1.82, 2.24) is 9.80 Å². The van der Waals surface area contributed by atoms with Gasteiger partial charge in [0.15, 0.2) is 5.96 Å². The molecule has 0 N–H and O–H groups in total. The van der Waals surface area contributed by atoms with Crippen molar-refractivity contribution in [2.45, 2.75) is 12.8 Å². The molecule has 1 aromatic heterocycles. The number of guanidine groups is 1. The first-order valence-electron chi connectivity index (χ1n) is 5.52. The minimum absolute atomic E-state index is 0. The molecule has 0 aromatic carbocycles. The average Bonchev–Trinajstić information content (AvgIpc) is 2.68. The topological polar surface area (TPSA) is 18.8 Å². The molecule has 17 heavy (non-hydrogen) atoms. The summed E-state index contributed by atoms with van der Waals surface area (Å²) >= 11 is 1.83. The van der Waals surface area contributed by atoms with Crippen LogP contribution in [0.4, 0.5) is 0 Å². The van der Waals surface area contributed by atoms with Crippen LogP contribution in [0.3, 0.4) is 0 Å². The molecule has 1 rings (SSSR count). The summed E-state index contributed by atoms with van der Waals surface area (Å²) in [7, 11) is 8.10. The summed E-state index contributed by atoms with van der Waals surface area (Å²) in [6, 6.07) is 4.29. The van der Waals surface area contributed by atoms with E-state index >= 15 is 0 Å². The van der Waals surface area contributed by atoms with Crippen LogP contribution in [0.2, 0.25) is 0 Å². The summed E-state index contributed by atoms with van der Waals surface area (Å²) in [6.45, 7) is 0.892. The van der Waals surface area contributed by atoms with E-state index in [0.717, 1.165) is 25.3 Å². The van der Waals surface area contributed by atoms with E-state index in [1.54, 1.807) is 0 Å². The molecule has 0 aliphatic heterocycles. The molecule has 0 fully saturated rings. The zero-order chi connectivity index (χ0) is 12.0. The molecular formula is C12H22IN3S. The number of aryl methyl sites for hydroxylation is 1. The maximum Gasteiger partial charge on any atom is 0.195 e. The smallest absolute Gasteiger partial charge is 0.195 e. The predicted octanol–water partition coefficient (Wildman–Crippen LogP) is 2.78. The van der Waals surface area contributed by atoms with Gasteiger partial charge in [0.05, 0.1) is 0 Å². The fourth-order valence-electron chi connectivity index (χ4n) is 1.57. The first kappa shape index (κ1) is 16.7. The molecule has 0 aliphatic carbocycles.